The third-order valence-corrected chi connectivity index (χ3v) is 3.30. The third-order valence-electron chi connectivity index (χ3n) is 3.30. The molecule has 1 aromatic heterocycles. The van der Waals surface area contributed by atoms with E-state index in [9.17, 15) is 19.2 Å². The van der Waals surface area contributed by atoms with E-state index in [0.717, 1.165) is 0 Å². The van der Waals surface area contributed by atoms with Gasteiger partial charge in [0, 0.05) is 18.3 Å². The van der Waals surface area contributed by atoms with Crippen LogP contribution < -0.4 is 21.7 Å². The Balaban J connectivity index is 2.70. The van der Waals surface area contributed by atoms with Crippen molar-refractivity contribution >= 4 is 23.7 Å². The van der Waals surface area contributed by atoms with Gasteiger partial charge in [-0.25, -0.2) is 4.98 Å². The lowest BCUT2D eigenvalue weighted by Crippen LogP contribution is -2.55. The number of nitrogens with zero attached hydrogens (tertiary/aromatic N) is 1. The first-order valence-electron chi connectivity index (χ1n) is 7.54. The molecule has 0 saturated carbocycles. The first-order valence-corrected chi connectivity index (χ1v) is 7.54. The van der Waals surface area contributed by atoms with Crippen molar-refractivity contribution < 1.29 is 24.3 Å². The minimum Gasteiger partial charge on any atom is -0.480 e. The smallest absolute Gasteiger partial charge is 0.325 e. The number of amides is 3. The van der Waals surface area contributed by atoms with E-state index in [-0.39, 0.29) is 13.0 Å². The molecule has 1 aromatic rings. The van der Waals surface area contributed by atoms with Gasteiger partial charge in [0.25, 0.3) is 0 Å². The van der Waals surface area contributed by atoms with Crippen LogP contribution in [0.1, 0.15) is 19.5 Å². The number of nitrogens with two attached hydrogens (primary N) is 1. The Labute approximate surface area is 143 Å². The maximum absolute atomic E-state index is 12.4. The summed E-state index contributed by atoms with van der Waals surface area (Å²) in [6, 6.07) is -3.05. The fraction of sp³-hybridized carbons (Fsp3) is 0.500. The molecule has 138 valence electrons. The molecule has 3 atom stereocenters. The van der Waals surface area contributed by atoms with Gasteiger partial charge in [-0.15, -0.1) is 0 Å². The molecule has 0 aliphatic heterocycles. The van der Waals surface area contributed by atoms with Crippen molar-refractivity contribution in [2.75, 3.05) is 6.54 Å². The zero-order valence-corrected chi connectivity index (χ0v) is 13.9. The fourth-order valence-electron chi connectivity index (χ4n) is 1.86. The van der Waals surface area contributed by atoms with Gasteiger partial charge in [-0.05, 0) is 13.8 Å². The van der Waals surface area contributed by atoms with Crippen LogP contribution in [-0.2, 0) is 25.6 Å². The van der Waals surface area contributed by atoms with E-state index < -0.39 is 41.8 Å². The Kier molecular flexibility index (Phi) is 7.53. The van der Waals surface area contributed by atoms with Crippen molar-refractivity contribution in [1.82, 2.24) is 25.9 Å². The number of H-pyrrole nitrogens is 1. The summed E-state index contributed by atoms with van der Waals surface area (Å²) in [6.07, 6.45) is 3.05. The number of imidazole rings is 1. The number of aliphatic carboxylic acids is 1. The minimum atomic E-state index is -1.20. The molecule has 0 spiro atoms. The largest absolute Gasteiger partial charge is 0.480 e. The van der Waals surface area contributed by atoms with E-state index in [1.165, 1.54) is 26.4 Å². The van der Waals surface area contributed by atoms with Gasteiger partial charge in [-0.2, -0.15) is 0 Å². The lowest BCUT2D eigenvalue weighted by Gasteiger charge is -2.21. The Morgan fingerprint density at radius 3 is 2.32 bits per heavy atom. The van der Waals surface area contributed by atoms with Crippen LogP contribution in [-0.4, -0.2) is 63.4 Å². The Morgan fingerprint density at radius 2 is 1.80 bits per heavy atom. The highest BCUT2D eigenvalue weighted by Gasteiger charge is 2.26. The van der Waals surface area contributed by atoms with E-state index in [0.29, 0.717) is 5.69 Å². The van der Waals surface area contributed by atoms with Gasteiger partial charge < -0.3 is 31.8 Å². The highest BCUT2D eigenvalue weighted by Crippen LogP contribution is 2.00. The molecule has 0 aliphatic rings. The van der Waals surface area contributed by atoms with Crippen LogP contribution in [0.25, 0.3) is 0 Å². The number of carboxylic acid groups (broad SMARTS) is 1. The molecule has 3 unspecified atom stereocenters. The number of aromatic nitrogens is 2. The molecular formula is C14H22N6O5. The molecule has 3 amide bonds. The van der Waals surface area contributed by atoms with Gasteiger partial charge in [-0.1, -0.05) is 0 Å². The second-order valence-corrected chi connectivity index (χ2v) is 5.40. The first-order chi connectivity index (χ1) is 11.7. The second-order valence-electron chi connectivity index (χ2n) is 5.40. The molecule has 0 saturated heterocycles. The summed E-state index contributed by atoms with van der Waals surface area (Å²) in [4.78, 5) is 53.2. The standard InChI is InChI=1S/C14H22N6O5/c1-7(12(22)19-8(2)14(24)25)18-13(23)10(20-11(21)4-15)3-9-5-16-6-17-9/h5-8,10H,3-4,15H2,1-2H3,(H,16,17)(H,18,23)(H,19,22)(H,20,21)(H,24,25). The predicted molar refractivity (Wildman–Crippen MR) is 86.1 cm³/mol. The van der Waals surface area contributed by atoms with Crippen molar-refractivity contribution in [2.24, 2.45) is 5.73 Å². The van der Waals surface area contributed by atoms with Crippen molar-refractivity contribution in [3.63, 3.8) is 0 Å². The number of nitrogens with one attached hydrogen (secondary N) is 4. The van der Waals surface area contributed by atoms with E-state index in [1.807, 2.05) is 0 Å². The SMILES string of the molecule is CC(NC(=O)C(C)NC(=O)C(Cc1cnc[nH]1)NC(=O)CN)C(=O)O. The van der Waals surface area contributed by atoms with Crippen LogP contribution in [0.2, 0.25) is 0 Å². The molecule has 0 fully saturated rings. The molecule has 0 bridgehead atoms. The van der Waals surface area contributed by atoms with Gasteiger partial charge in [0.2, 0.25) is 17.7 Å². The summed E-state index contributed by atoms with van der Waals surface area (Å²) >= 11 is 0. The van der Waals surface area contributed by atoms with E-state index in [2.05, 4.69) is 25.9 Å². The van der Waals surface area contributed by atoms with Crippen LogP contribution >= 0.6 is 0 Å². The van der Waals surface area contributed by atoms with Gasteiger partial charge in [0.1, 0.15) is 18.1 Å². The summed E-state index contributed by atoms with van der Waals surface area (Å²) in [5.74, 6) is -2.99. The summed E-state index contributed by atoms with van der Waals surface area (Å²) in [5.41, 5.74) is 5.85. The molecule has 0 radical (unpaired) electrons. The normalized spacial score (nSPS) is 14.0. The number of aromatic amines is 1. The molecule has 0 aliphatic carbocycles. The average molecular weight is 354 g/mol. The Bertz CT molecular complexity index is 617. The Morgan fingerprint density at radius 1 is 1.16 bits per heavy atom. The number of carboxylic acids is 1. The zero-order chi connectivity index (χ0) is 19.0. The van der Waals surface area contributed by atoms with Gasteiger partial charge in [0.15, 0.2) is 0 Å². The Hall–Kier alpha value is -2.95. The van der Waals surface area contributed by atoms with Gasteiger partial charge >= 0.3 is 5.97 Å². The van der Waals surface area contributed by atoms with Crippen LogP contribution in [0.4, 0.5) is 0 Å². The average Bonchev–Trinajstić information content (AvgIpc) is 3.06. The molecule has 11 heteroatoms. The number of hydrogen-bond acceptors (Lipinski definition) is 6. The topological polar surface area (TPSA) is 179 Å². The van der Waals surface area contributed by atoms with Crippen LogP contribution in [0.5, 0.6) is 0 Å². The van der Waals surface area contributed by atoms with Crippen molar-refractivity contribution in [3.05, 3.63) is 18.2 Å². The first kappa shape index (κ1) is 20.1. The van der Waals surface area contributed by atoms with Crippen molar-refractivity contribution in [3.8, 4) is 0 Å². The molecule has 1 heterocycles. The van der Waals surface area contributed by atoms with Crippen LogP contribution in [0.3, 0.4) is 0 Å². The predicted octanol–water partition coefficient (Wildman–Crippen LogP) is -2.51. The second kappa shape index (κ2) is 9.37. The lowest BCUT2D eigenvalue weighted by molar-refractivity contribution is -0.141. The quantitative estimate of drug-likeness (QED) is 0.283. The van der Waals surface area contributed by atoms with E-state index >= 15 is 0 Å². The molecule has 1 rings (SSSR count). The summed E-state index contributed by atoms with van der Waals surface area (Å²) < 4.78 is 0. The van der Waals surface area contributed by atoms with Crippen LogP contribution in [0, 0.1) is 0 Å². The summed E-state index contributed by atoms with van der Waals surface area (Å²) in [6.45, 7) is 2.41. The molecular weight excluding hydrogens is 332 g/mol. The number of rotatable bonds is 9. The number of carbonyl (C=O) groups is 4. The number of hydrogen-bond donors (Lipinski definition) is 6. The van der Waals surface area contributed by atoms with E-state index in [1.54, 1.807) is 0 Å². The molecule has 7 N–H and O–H groups in total. The van der Waals surface area contributed by atoms with Crippen LogP contribution in [0.15, 0.2) is 12.5 Å². The van der Waals surface area contributed by atoms with Crippen molar-refractivity contribution in [2.45, 2.75) is 38.4 Å². The molecule has 0 aromatic carbocycles. The lowest BCUT2D eigenvalue weighted by atomic mass is 10.1. The maximum Gasteiger partial charge on any atom is 0.325 e. The highest BCUT2D eigenvalue weighted by atomic mass is 16.4. The highest BCUT2D eigenvalue weighted by molar-refractivity contribution is 5.93. The zero-order valence-electron chi connectivity index (χ0n) is 13.9. The summed E-state index contributed by atoms with van der Waals surface area (Å²) in [7, 11) is 0. The van der Waals surface area contributed by atoms with Crippen molar-refractivity contribution in [1.29, 1.82) is 0 Å². The van der Waals surface area contributed by atoms with Gasteiger partial charge in [0.05, 0.1) is 12.9 Å². The van der Waals surface area contributed by atoms with Gasteiger partial charge in [-0.3, -0.25) is 19.2 Å². The van der Waals surface area contributed by atoms with E-state index in [4.69, 9.17) is 10.8 Å². The molecule has 11 nitrogen and oxygen atoms in total. The fourth-order valence-corrected chi connectivity index (χ4v) is 1.86. The third kappa shape index (κ3) is 6.59. The minimum absolute atomic E-state index is 0.122. The summed E-state index contributed by atoms with van der Waals surface area (Å²) in [5, 5.41) is 15.9. The number of carbonyl (C=O) groups excluding carboxylic acids is 3. The monoisotopic (exact) mass is 354 g/mol. The molecule has 25 heavy (non-hydrogen) atoms. The maximum atomic E-state index is 12.4.